The normalized spacial score (nSPS) is 12.2. The Kier molecular flexibility index (Phi) is 5.22. The quantitative estimate of drug-likeness (QED) is 0.678. The highest BCUT2D eigenvalue weighted by molar-refractivity contribution is 5.89. The molecule has 124 valence electrons. The second kappa shape index (κ2) is 6.38. The summed E-state index contributed by atoms with van der Waals surface area (Å²) in [7, 11) is 0. The van der Waals surface area contributed by atoms with Crippen LogP contribution < -0.4 is 10.5 Å². The summed E-state index contributed by atoms with van der Waals surface area (Å²) in [6.45, 7) is 0.433. The molecule has 0 amide bonds. The molecule has 1 rings (SSSR count). The maximum absolute atomic E-state index is 12.9. The van der Waals surface area contributed by atoms with Crippen molar-refractivity contribution in [1.82, 2.24) is 4.98 Å². The van der Waals surface area contributed by atoms with Crippen LogP contribution in [0.4, 0.5) is 26.3 Å². The van der Waals surface area contributed by atoms with Gasteiger partial charge in [0.25, 0.3) is 0 Å². The van der Waals surface area contributed by atoms with E-state index in [0.29, 0.717) is 0 Å². The van der Waals surface area contributed by atoms with Crippen LogP contribution in [0.25, 0.3) is 0 Å². The number of hydrogen-bond acceptors (Lipinski definition) is 5. The van der Waals surface area contributed by atoms with Crippen LogP contribution in [-0.2, 0) is 17.5 Å². The van der Waals surface area contributed by atoms with Crippen molar-refractivity contribution >= 4 is 5.97 Å². The molecule has 0 aliphatic carbocycles. The molecule has 0 bridgehead atoms. The summed E-state index contributed by atoms with van der Waals surface area (Å²) in [6, 6.07) is 0.0228. The third-order valence-corrected chi connectivity index (χ3v) is 2.25. The van der Waals surface area contributed by atoms with Gasteiger partial charge in [0.15, 0.2) is 11.4 Å². The summed E-state index contributed by atoms with van der Waals surface area (Å²) in [5.41, 5.74) is 1.59. The van der Waals surface area contributed by atoms with Gasteiger partial charge < -0.3 is 15.2 Å². The largest absolute Gasteiger partial charge is 0.573 e. The average molecular weight is 332 g/mol. The van der Waals surface area contributed by atoms with Crippen molar-refractivity contribution < 1.29 is 40.6 Å². The van der Waals surface area contributed by atoms with E-state index in [2.05, 4.69) is 14.5 Å². The lowest BCUT2D eigenvalue weighted by Crippen LogP contribution is -2.23. The fourth-order valence-corrected chi connectivity index (χ4v) is 1.46. The molecule has 1 aromatic rings. The number of hydrogen-bond donors (Lipinski definition) is 1. The first-order valence-electron chi connectivity index (χ1n) is 5.73. The highest BCUT2D eigenvalue weighted by atomic mass is 19.4. The first kappa shape index (κ1) is 18.0. The van der Waals surface area contributed by atoms with Gasteiger partial charge in [0.2, 0.25) is 0 Å². The Labute approximate surface area is 120 Å². The lowest BCUT2D eigenvalue weighted by Gasteiger charge is -2.17. The number of carbonyl (C=O) groups is 1. The zero-order chi connectivity index (χ0) is 17.1. The van der Waals surface area contributed by atoms with E-state index in [1.807, 2.05) is 0 Å². The van der Waals surface area contributed by atoms with Gasteiger partial charge in [-0.3, -0.25) is 0 Å². The highest BCUT2D eigenvalue weighted by Gasteiger charge is 2.40. The molecule has 1 heterocycles. The molecule has 0 aromatic carbocycles. The zero-order valence-electron chi connectivity index (χ0n) is 11.0. The molecule has 5 nitrogen and oxygen atoms in total. The number of esters is 1. The predicted molar refractivity (Wildman–Crippen MR) is 59.8 cm³/mol. The monoisotopic (exact) mass is 332 g/mol. The Morgan fingerprint density at radius 3 is 2.27 bits per heavy atom. The molecule has 0 saturated heterocycles. The third kappa shape index (κ3) is 4.48. The highest BCUT2D eigenvalue weighted by Crippen LogP contribution is 2.36. The lowest BCUT2D eigenvalue weighted by atomic mass is 10.1. The van der Waals surface area contributed by atoms with E-state index in [-0.39, 0.29) is 12.7 Å². The Bertz CT molecular complexity index is 556. The molecule has 0 aliphatic heterocycles. The zero-order valence-corrected chi connectivity index (χ0v) is 11.0. The number of nitrogens with two attached hydrogens (primary N) is 1. The summed E-state index contributed by atoms with van der Waals surface area (Å²) < 4.78 is 83.1. The Morgan fingerprint density at radius 2 is 1.86 bits per heavy atom. The minimum absolute atomic E-state index is 0.0228. The van der Waals surface area contributed by atoms with Gasteiger partial charge in [-0.15, -0.1) is 13.2 Å². The van der Waals surface area contributed by atoms with Crippen LogP contribution in [-0.4, -0.2) is 23.9 Å². The molecule has 1 aromatic heterocycles. The fraction of sp³-hybridized carbons (Fsp3) is 0.455. The molecule has 2 N–H and O–H groups in total. The average Bonchev–Trinajstić information content (AvgIpc) is 2.35. The SMILES string of the molecule is CCOC(=O)c1nc(CN)c(OC(F)(F)F)cc1C(F)(F)F. The van der Waals surface area contributed by atoms with Gasteiger partial charge in [-0.25, -0.2) is 9.78 Å². The van der Waals surface area contributed by atoms with Crippen molar-refractivity contribution in [2.45, 2.75) is 26.0 Å². The van der Waals surface area contributed by atoms with Crippen LogP contribution in [0.1, 0.15) is 28.7 Å². The van der Waals surface area contributed by atoms with Gasteiger partial charge in [-0.05, 0) is 13.0 Å². The van der Waals surface area contributed by atoms with Gasteiger partial charge in [0.1, 0.15) is 0 Å². The van der Waals surface area contributed by atoms with Gasteiger partial charge >= 0.3 is 18.5 Å². The summed E-state index contributed by atoms with van der Waals surface area (Å²) in [5.74, 6) is -2.65. The van der Waals surface area contributed by atoms with Crippen LogP contribution >= 0.6 is 0 Å². The molecule has 0 unspecified atom stereocenters. The molecule has 0 aliphatic rings. The minimum Gasteiger partial charge on any atom is -0.461 e. The van der Waals surface area contributed by atoms with Crippen LogP contribution in [0.15, 0.2) is 6.07 Å². The maximum atomic E-state index is 12.9. The van der Waals surface area contributed by atoms with E-state index in [1.54, 1.807) is 0 Å². The number of rotatable bonds is 4. The van der Waals surface area contributed by atoms with E-state index >= 15 is 0 Å². The maximum Gasteiger partial charge on any atom is 0.573 e. The summed E-state index contributed by atoms with van der Waals surface area (Å²) >= 11 is 0. The number of alkyl halides is 6. The Hall–Kier alpha value is -2.04. The minimum atomic E-state index is -5.24. The van der Waals surface area contributed by atoms with Crippen LogP contribution in [0.2, 0.25) is 0 Å². The standard InChI is InChI=1S/C11H10F6N2O3/c1-2-21-9(20)8-5(10(12,13)14)3-7(6(4-18)19-8)22-11(15,16)17/h3H,2,4,18H2,1H3. The summed E-state index contributed by atoms with van der Waals surface area (Å²) in [6.07, 6.45) is -10.4. The summed E-state index contributed by atoms with van der Waals surface area (Å²) in [5, 5.41) is 0. The van der Waals surface area contributed by atoms with Gasteiger partial charge in [-0.1, -0.05) is 0 Å². The van der Waals surface area contributed by atoms with Crippen molar-refractivity contribution in [3.05, 3.63) is 23.0 Å². The Balaban J connectivity index is 3.49. The van der Waals surface area contributed by atoms with Crippen molar-refractivity contribution in [2.75, 3.05) is 6.61 Å². The number of carbonyl (C=O) groups excluding carboxylic acids is 1. The fourth-order valence-electron chi connectivity index (χ4n) is 1.46. The van der Waals surface area contributed by atoms with Crippen LogP contribution in [0, 0.1) is 0 Å². The van der Waals surface area contributed by atoms with Gasteiger partial charge in [-0.2, -0.15) is 13.2 Å². The van der Waals surface area contributed by atoms with Crippen molar-refractivity contribution in [2.24, 2.45) is 5.73 Å². The number of halogens is 6. The molecular weight excluding hydrogens is 322 g/mol. The van der Waals surface area contributed by atoms with Crippen molar-refractivity contribution in [3.63, 3.8) is 0 Å². The molecule has 0 fully saturated rings. The smallest absolute Gasteiger partial charge is 0.461 e. The molecule has 0 radical (unpaired) electrons. The van der Waals surface area contributed by atoms with E-state index < -0.39 is 47.8 Å². The van der Waals surface area contributed by atoms with Crippen molar-refractivity contribution in [1.29, 1.82) is 0 Å². The van der Waals surface area contributed by atoms with E-state index in [4.69, 9.17) is 5.73 Å². The van der Waals surface area contributed by atoms with E-state index in [0.717, 1.165) is 0 Å². The van der Waals surface area contributed by atoms with Crippen LogP contribution in [0.5, 0.6) is 5.75 Å². The second-order valence-electron chi connectivity index (χ2n) is 3.80. The predicted octanol–water partition coefficient (Wildman–Crippen LogP) is 2.63. The van der Waals surface area contributed by atoms with Gasteiger partial charge in [0.05, 0.1) is 17.9 Å². The van der Waals surface area contributed by atoms with Crippen LogP contribution in [0.3, 0.4) is 0 Å². The molecule has 0 atom stereocenters. The Morgan fingerprint density at radius 1 is 1.27 bits per heavy atom. The number of pyridine rings is 1. The third-order valence-electron chi connectivity index (χ3n) is 2.25. The molecule has 11 heteroatoms. The first-order chi connectivity index (χ1) is 9.99. The van der Waals surface area contributed by atoms with Gasteiger partial charge in [0, 0.05) is 6.54 Å². The van der Waals surface area contributed by atoms with E-state index in [9.17, 15) is 31.1 Å². The lowest BCUT2D eigenvalue weighted by molar-refractivity contribution is -0.275. The first-order valence-corrected chi connectivity index (χ1v) is 5.73. The molecule has 22 heavy (non-hydrogen) atoms. The van der Waals surface area contributed by atoms with Crippen molar-refractivity contribution in [3.8, 4) is 5.75 Å². The van der Waals surface area contributed by atoms with E-state index in [1.165, 1.54) is 6.92 Å². The second-order valence-corrected chi connectivity index (χ2v) is 3.80. The molecule has 0 spiro atoms. The topological polar surface area (TPSA) is 74.4 Å². The molecular formula is C11H10F6N2O3. The summed E-state index contributed by atoms with van der Waals surface area (Å²) in [4.78, 5) is 14.7. The number of ether oxygens (including phenoxy) is 2. The number of aromatic nitrogens is 1. The number of nitrogens with zero attached hydrogens (tertiary/aromatic N) is 1. The molecule has 0 saturated carbocycles.